The summed E-state index contributed by atoms with van der Waals surface area (Å²) in [7, 11) is 0. The van der Waals surface area contributed by atoms with Crippen molar-refractivity contribution in [3.63, 3.8) is 0 Å². The molecule has 0 aliphatic rings. The largest absolute Gasteiger partial charge is 0.490 e. The first-order chi connectivity index (χ1) is 10.4. The summed E-state index contributed by atoms with van der Waals surface area (Å²) in [6.07, 6.45) is 0.328. The van der Waals surface area contributed by atoms with Gasteiger partial charge in [0.2, 0.25) is 0 Å². The molecule has 2 aromatic carbocycles. The minimum atomic E-state index is 0.104. The molecule has 3 heteroatoms. The summed E-state index contributed by atoms with van der Waals surface area (Å²) >= 11 is 0. The van der Waals surface area contributed by atoms with Crippen molar-refractivity contribution in [2.24, 2.45) is 0 Å². The smallest absolute Gasteiger partial charge is 0.131 e. The molecule has 0 radical (unpaired) electrons. The standard InChI is InChI=1S/C19H26O3/c1-12(2)20-16-10-11-18(22-14(5)6)19-15(16)8-7-9-17(19)21-13(3)4/h7-14H,1-6H3. The molecule has 0 bridgehead atoms. The van der Waals surface area contributed by atoms with Crippen LogP contribution < -0.4 is 14.2 Å². The van der Waals surface area contributed by atoms with Crippen LogP contribution in [0.3, 0.4) is 0 Å². The molecule has 0 spiro atoms. The molecule has 0 aliphatic heterocycles. The summed E-state index contributed by atoms with van der Waals surface area (Å²) in [4.78, 5) is 0. The van der Waals surface area contributed by atoms with Crippen LogP contribution in [0.25, 0.3) is 10.8 Å². The molecule has 0 aromatic heterocycles. The molecule has 0 saturated carbocycles. The fourth-order valence-electron chi connectivity index (χ4n) is 2.38. The Kier molecular flexibility index (Phi) is 5.17. The average molecular weight is 302 g/mol. The first-order valence-corrected chi connectivity index (χ1v) is 7.94. The van der Waals surface area contributed by atoms with E-state index in [-0.39, 0.29) is 18.3 Å². The van der Waals surface area contributed by atoms with E-state index in [0.29, 0.717) is 0 Å². The molecule has 0 heterocycles. The highest BCUT2D eigenvalue weighted by atomic mass is 16.5. The lowest BCUT2D eigenvalue weighted by atomic mass is 10.1. The Labute approximate surface area is 133 Å². The first-order valence-electron chi connectivity index (χ1n) is 7.94. The van der Waals surface area contributed by atoms with Crippen LogP contribution in [0.4, 0.5) is 0 Å². The van der Waals surface area contributed by atoms with E-state index in [1.165, 1.54) is 0 Å². The van der Waals surface area contributed by atoms with Crippen LogP contribution in [0.1, 0.15) is 41.5 Å². The predicted molar refractivity (Wildman–Crippen MR) is 91.2 cm³/mol. The van der Waals surface area contributed by atoms with E-state index in [2.05, 4.69) is 0 Å². The van der Waals surface area contributed by atoms with Crippen LogP contribution in [-0.2, 0) is 0 Å². The minimum absolute atomic E-state index is 0.104. The number of ether oxygens (including phenoxy) is 3. The second kappa shape index (κ2) is 6.91. The number of hydrogen-bond donors (Lipinski definition) is 0. The monoisotopic (exact) mass is 302 g/mol. The van der Waals surface area contributed by atoms with Crippen molar-refractivity contribution in [3.05, 3.63) is 30.3 Å². The van der Waals surface area contributed by atoms with E-state index in [0.717, 1.165) is 28.0 Å². The van der Waals surface area contributed by atoms with Gasteiger partial charge in [0.05, 0.1) is 23.7 Å². The molecule has 0 fully saturated rings. The van der Waals surface area contributed by atoms with Crippen molar-refractivity contribution in [2.75, 3.05) is 0 Å². The second-order valence-corrected chi connectivity index (χ2v) is 6.24. The summed E-state index contributed by atoms with van der Waals surface area (Å²) in [6, 6.07) is 9.96. The van der Waals surface area contributed by atoms with Gasteiger partial charge in [-0.05, 0) is 59.7 Å². The van der Waals surface area contributed by atoms with Crippen molar-refractivity contribution in [3.8, 4) is 17.2 Å². The maximum Gasteiger partial charge on any atom is 0.131 e. The molecule has 2 aromatic rings. The second-order valence-electron chi connectivity index (χ2n) is 6.24. The third-order valence-electron chi connectivity index (χ3n) is 3.01. The third-order valence-corrected chi connectivity index (χ3v) is 3.01. The van der Waals surface area contributed by atoms with Gasteiger partial charge in [0.1, 0.15) is 17.2 Å². The van der Waals surface area contributed by atoms with Gasteiger partial charge in [0.15, 0.2) is 0 Å². The molecule has 2 rings (SSSR count). The zero-order valence-corrected chi connectivity index (χ0v) is 14.3. The third kappa shape index (κ3) is 3.85. The SMILES string of the molecule is CC(C)Oc1ccc(OC(C)C)c2c(OC(C)C)cccc12. The molecule has 0 saturated heterocycles. The number of rotatable bonds is 6. The zero-order chi connectivity index (χ0) is 16.3. The van der Waals surface area contributed by atoms with Crippen molar-refractivity contribution in [1.29, 1.82) is 0 Å². The normalized spacial score (nSPS) is 11.5. The van der Waals surface area contributed by atoms with Gasteiger partial charge in [-0.3, -0.25) is 0 Å². The highest BCUT2D eigenvalue weighted by Gasteiger charge is 2.15. The fourth-order valence-corrected chi connectivity index (χ4v) is 2.38. The van der Waals surface area contributed by atoms with Crippen LogP contribution in [0.2, 0.25) is 0 Å². The molecule has 120 valence electrons. The Bertz CT molecular complexity index is 614. The molecular formula is C19H26O3. The Morgan fingerprint density at radius 3 is 1.59 bits per heavy atom. The van der Waals surface area contributed by atoms with Crippen LogP contribution in [0.15, 0.2) is 30.3 Å². The Balaban J connectivity index is 2.64. The van der Waals surface area contributed by atoms with Crippen LogP contribution in [-0.4, -0.2) is 18.3 Å². The van der Waals surface area contributed by atoms with E-state index in [1.54, 1.807) is 0 Å². The van der Waals surface area contributed by atoms with E-state index in [1.807, 2.05) is 71.9 Å². The van der Waals surface area contributed by atoms with Crippen molar-refractivity contribution in [1.82, 2.24) is 0 Å². The van der Waals surface area contributed by atoms with Crippen LogP contribution in [0, 0.1) is 0 Å². The first kappa shape index (κ1) is 16.5. The zero-order valence-electron chi connectivity index (χ0n) is 14.3. The van der Waals surface area contributed by atoms with Crippen molar-refractivity contribution in [2.45, 2.75) is 59.9 Å². The van der Waals surface area contributed by atoms with Gasteiger partial charge >= 0.3 is 0 Å². The topological polar surface area (TPSA) is 27.7 Å². The van der Waals surface area contributed by atoms with Gasteiger partial charge in [0, 0.05) is 5.39 Å². The lowest BCUT2D eigenvalue weighted by molar-refractivity contribution is 0.233. The van der Waals surface area contributed by atoms with Crippen LogP contribution >= 0.6 is 0 Å². The van der Waals surface area contributed by atoms with E-state index >= 15 is 0 Å². The lowest BCUT2D eigenvalue weighted by Crippen LogP contribution is -2.10. The minimum Gasteiger partial charge on any atom is -0.490 e. The van der Waals surface area contributed by atoms with Gasteiger partial charge in [0.25, 0.3) is 0 Å². The fraction of sp³-hybridized carbons (Fsp3) is 0.474. The van der Waals surface area contributed by atoms with E-state index < -0.39 is 0 Å². The molecule has 22 heavy (non-hydrogen) atoms. The van der Waals surface area contributed by atoms with Gasteiger partial charge < -0.3 is 14.2 Å². The van der Waals surface area contributed by atoms with Gasteiger partial charge in [-0.15, -0.1) is 0 Å². The highest BCUT2D eigenvalue weighted by Crippen LogP contribution is 2.40. The van der Waals surface area contributed by atoms with E-state index in [4.69, 9.17) is 14.2 Å². The highest BCUT2D eigenvalue weighted by molar-refractivity contribution is 5.98. The molecule has 3 nitrogen and oxygen atoms in total. The Hall–Kier alpha value is -1.90. The molecule has 0 unspecified atom stereocenters. The van der Waals surface area contributed by atoms with Gasteiger partial charge in [-0.25, -0.2) is 0 Å². The number of fused-ring (bicyclic) bond motifs is 1. The Morgan fingerprint density at radius 2 is 1.05 bits per heavy atom. The van der Waals surface area contributed by atoms with E-state index in [9.17, 15) is 0 Å². The lowest BCUT2D eigenvalue weighted by Gasteiger charge is -2.20. The molecule has 0 amide bonds. The molecule has 0 atom stereocenters. The van der Waals surface area contributed by atoms with Crippen molar-refractivity contribution < 1.29 is 14.2 Å². The maximum atomic E-state index is 5.97. The molecular weight excluding hydrogens is 276 g/mol. The number of benzene rings is 2. The number of hydrogen-bond acceptors (Lipinski definition) is 3. The summed E-state index contributed by atoms with van der Waals surface area (Å²) in [6.45, 7) is 12.1. The summed E-state index contributed by atoms with van der Waals surface area (Å²) in [5.41, 5.74) is 0. The molecule has 0 N–H and O–H groups in total. The quantitative estimate of drug-likeness (QED) is 0.734. The summed E-state index contributed by atoms with van der Waals surface area (Å²) in [5, 5.41) is 1.99. The summed E-state index contributed by atoms with van der Waals surface area (Å²) < 4.78 is 17.9. The van der Waals surface area contributed by atoms with Crippen molar-refractivity contribution >= 4 is 10.8 Å². The predicted octanol–water partition coefficient (Wildman–Crippen LogP) is 5.20. The Morgan fingerprint density at radius 1 is 0.591 bits per heavy atom. The van der Waals surface area contributed by atoms with Gasteiger partial charge in [-0.1, -0.05) is 12.1 Å². The summed E-state index contributed by atoms with van der Waals surface area (Å²) in [5.74, 6) is 2.52. The molecule has 0 aliphatic carbocycles. The van der Waals surface area contributed by atoms with Gasteiger partial charge in [-0.2, -0.15) is 0 Å². The maximum absolute atomic E-state index is 5.97. The van der Waals surface area contributed by atoms with Crippen LogP contribution in [0.5, 0.6) is 17.2 Å². The average Bonchev–Trinajstić information content (AvgIpc) is 2.40.